The van der Waals surface area contributed by atoms with Gasteiger partial charge in [-0.3, -0.25) is 19.3 Å². The Labute approximate surface area is 233 Å². The van der Waals surface area contributed by atoms with Gasteiger partial charge in [0.2, 0.25) is 5.91 Å². The first kappa shape index (κ1) is 26.3. The number of hydrogen-bond donors (Lipinski definition) is 1. The van der Waals surface area contributed by atoms with E-state index in [1.165, 1.54) is 25.3 Å². The minimum Gasteiger partial charge on any atom is -0.465 e. The van der Waals surface area contributed by atoms with E-state index < -0.39 is 29.6 Å². The molecule has 1 saturated heterocycles. The van der Waals surface area contributed by atoms with Crippen molar-refractivity contribution in [3.05, 3.63) is 106 Å². The lowest BCUT2D eigenvalue weighted by atomic mass is 10.1. The highest BCUT2D eigenvalue weighted by Gasteiger charge is 2.36. The van der Waals surface area contributed by atoms with Crippen LogP contribution in [0, 0.1) is 0 Å². The third-order valence-electron chi connectivity index (χ3n) is 6.13. The van der Waals surface area contributed by atoms with Crippen molar-refractivity contribution in [1.82, 2.24) is 9.47 Å². The van der Waals surface area contributed by atoms with Crippen LogP contribution in [0.1, 0.15) is 21.5 Å². The Morgan fingerprint density at radius 1 is 1.03 bits per heavy atom. The van der Waals surface area contributed by atoms with Crippen molar-refractivity contribution in [1.29, 1.82) is 0 Å². The molecule has 0 spiro atoms. The van der Waals surface area contributed by atoms with Crippen molar-refractivity contribution in [2.24, 2.45) is 0 Å². The summed E-state index contributed by atoms with van der Waals surface area (Å²) in [6, 6.07) is 22.2. The van der Waals surface area contributed by atoms with Crippen LogP contribution in [0.15, 0.2) is 83.9 Å². The number of fused-ring (bicyclic) bond motifs is 1. The average Bonchev–Trinajstić information content (AvgIpc) is 3.41. The Morgan fingerprint density at radius 3 is 2.54 bits per heavy atom. The molecule has 1 aliphatic heterocycles. The second-order valence-electron chi connectivity index (χ2n) is 8.72. The minimum atomic E-state index is -0.655. The largest absolute Gasteiger partial charge is 0.465 e. The van der Waals surface area contributed by atoms with Crippen molar-refractivity contribution in [3.8, 4) is 0 Å². The van der Waals surface area contributed by atoms with Crippen LogP contribution in [0.5, 0.6) is 0 Å². The zero-order chi connectivity index (χ0) is 27.5. The lowest BCUT2D eigenvalue weighted by Gasteiger charge is -2.13. The van der Waals surface area contributed by atoms with Gasteiger partial charge in [0.25, 0.3) is 11.1 Å². The lowest BCUT2D eigenvalue weighted by molar-refractivity contribution is -0.127. The molecule has 0 aliphatic carbocycles. The average molecular weight is 560 g/mol. The van der Waals surface area contributed by atoms with Crippen molar-refractivity contribution in [2.75, 3.05) is 19.0 Å². The number of nitrogens with zero attached hydrogens (tertiary/aromatic N) is 2. The van der Waals surface area contributed by atoms with E-state index in [0.29, 0.717) is 6.54 Å². The van der Waals surface area contributed by atoms with E-state index in [2.05, 4.69) is 14.6 Å². The highest BCUT2D eigenvalue weighted by atomic mass is 35.5. The van der Waals surface area contributed by atoms with Gasteiger partial charge >= 0.3 is 5.97 Å². The number of halogens is 1. The van der Waals surface area contributed by atoms with Gasteiger partial charge in [-0.25, -0.2) is 4.79 Å². The molecule has 2 heterocycles. The van der Waals surface area contributed by atoms with E-state index in [9.17, 15) is 19.2 Å². The van der Waals surface area contributed by atoms with Gasteiger partial charge < -0.3 is 14.6 Å². The van der Waals surface area contributed by atoms with Crippen molar-refractivity contribution in [2.45, 2.75) is 6.54 Å². The topological polar surface area (TPSA) is 97.7 Å². The maximum absolute atomic E-state index is 13.1. The third-order valence-corrected chi connectivity index (χ3v) is 7.37. The molecule has 1 N–H and O–H groups in total. The number of aromatic nitrogens is 1. The Kier molecular flexibility index (Phi) is 7.53. The number of rotatable bonds is 7. The second kappa shape index (κ2) is 11.2. The molecular weight excluding hydrogens is 538 g/mol. The van der Waals surface area contributed by atoms with Crippen LogP contribution in [0.25, 0.3) is 17.0 Å². The molecule has 0 bridgehead atoms. The smallest absolute Gasteiger partial charge is 0.339 e. The van der Waals surface area contributed by atoms with Gasteiger partial charge in [-0.15, -0.1) is 0 Å². The number of carbonyl (C=O) groups excluding carboxylic acids is 4. The molecule has 0 atom stereocenters. The third kappa shape index (κ3) is 5.59. The molecule has 1 aromatic heterocycles. The van der Waals surface area contributed by atoms with Crippen molar-refractivity contribution >= 4 is 69.1 Å². The lowest BCUT2D eigenvalue weighted by Crippen LogP contribution is -2.36. The molecular formula is C29H22ClN3O5S. The van der Waals surface area contributed by atoms with Crippen LogP contribution in [0.2, 0.25) is 5.02 Å². The highest BCUT2D eigenvalue weighted by Crippen LogP contribution is 2.34. The maximum atomic E-state index is 13.1. The predicted molar refractivity (Wildman–Crippen MR) is 152 cm³/mol. The van der Waals surface area contributed by atoms with Crippen molar-refractivity contribution in [3.63, 3.8) is 0 Å². The number of amides is 3. The maximum Gasteiger partial charge on any atom is 0.339 e. The number of ether oxygens (including phenoxy) is 1. The van der Waals surface area contributed by atoms with E-state index in [-0.39, 0.29) is 21.2 Å². The van der Waals surface area contributed by atoms with Gasteiger partial charge in [-0.2, -0.15) is 0 Å². The number of carbonyl (C=O) groups is 4. The van der Waals surface area contributed by atoms with Crippen LogP contribution in [0.3, 0.4) is 0 Å². The Hall–Kier alpha value is -4.34. The highest BCUT2D eigenvalue weighted by molar-refractivity contribution is 8.18. The van der Waals surface area contributed by atoms with Crippen LogP contribution >= 0.6 is 23.4 Å². The molecule has 5 rings (SSSR count). The van der Waals surface area contributed by atoms with E-state index in [1.807, 2.05) is 60.8 Å². The summed E-state index contributed by atoms with van der Waals surface area (Å²) in [6.45, 7) is 0.174. The first-order valence-electron chi connectivity index (χ1n) is 11.9. The Morgan fingerprint density at radius 2 is 1.77 bits per heavy atom. The summed E-state index contributed by atoms with van der Waals surface area (Å²) in [6.07, 6.45) is 3.65. The number of hydrogen-bond acceptors (Lipinski definition) is 6. The van der Waals surface area contributed by atoms with Gasteiger partial charge in [0.1, 0.15) is 6.54 Å². The van der Waals surface area contributed by atoms with E-state index >= 15 is 0 Å². The van der Waals surface area contributed by atoms with Gasteiger partial charge in [0.15, 0.2) is 0 Å². The molecule has 1 fully saturated rings. The second-order valence-corrected chi connectivity index (χ2v) is 10.1. The number of imide groups is 1. The zero-order valence-corrected chi connectivity index (χ0v) is 22.3. The molecule has 10 heteroatoms. The standard InChI is InChI=1S/C29H22ClN3O5S/c1-38-28(36)22-14-20(11-12-23(22)30)31-26(34)17-33-27(35)25(39-29(33)37)13-19-16-32(15-18-7-3-2-4-8-18)24-10-6-5-9-21(19)24/h2-14,16H,15,17H2,1H3,(H,31,34)/b25-13-. The van der Waals surface area contributed by atoms with Gasteiger partial charge in [-0.05, 0) is 47.7 Å². The number of methoxy groups -OCH3 is 1. The van der Waals surface area contributed by atoms with Crippen LogP contribution < -0.4 is 5.32 Å². The Bertz CT molecular complexity index is 1650. The number of para-hydroxylation sites is 1. The van der Waals surface area contributed by atoms with Crippen LogP contribution in [0.4, 0.5) is 10.5 Å². The van der Waals surface area contributed by atoms with Gasteiger partial charge in [0.05, 0.1) is 22.6 Å². The summed E-state index contributed by atoms with van der Waals surface area (Å²) in [4.78, 5) is 51.5. The summed E-state index contributed by atoms with van der Waals surface area (Å²) < 4.78 is 6.79. The summed E-state index contributed by atoms with van der Waals surface area (Å²) in [5.74, 6) is -1.81. The fourth-order valence-electron chi connectivity index (χ4n) is 4.29. The molecule has 0 saturated carbocycles. The SMILES string of the molecule is COC(=O)c1cc(NC(=O)CN2C(=O)S/C(=C\c3cn(Cc4ccccc4)c4ccccc34)C2=O)ccc1Cl. The molecule has 1 aliphatic rings. The summed E-state index contributed by atoms with van der Waals surface area (Å²) in [7, 11) is 1.22. The fourth-order valence-corrected chi connectivity index (χ4v) is 5.32. The summed E-state index contributed by atoms with van der Waals surface area (Å²) in [5.41, 5.74) is 3.29. The quantitative estimate of drug-likeness (QED) is 0.227. The van der Waals surface area contributed by atoms with Gasteiger partial charge in [-0.1, -0.05) is 60.1 Å². The molecule has 0 unspecified atom stereocenters. The Balaban J connectivity index is 1.34. The molecule has 8 nitrogen and oxygen atoms in total. The first-order valence-corrected chi connectivity index (χ1v) is 13.1. The zero-order valence-electron chi connectivity index (χ0n) is 20.7. The fraction of sp³-hybridized carbons (Fsp3) is 0.103. The molecule has 3 aromatic carbocycles. The number of esters is 1. The number of thioether (sulfide) groups is 1. The first-order chi connectivity index (χ1) is 18.8. The molecule has 196 valence electrons. The van der Waals surface area contributed by atoms with E-state index in [1.54, 1.807) is 6.08 Å². The minimum absolute atomic E-state index is 0.0810. The van der Waals surface area contributed by atoms with Crippen LogP contribution in [-0.4, -0.2) is 46.1 Å². The predicted octanol–water partition coefficient (Wildman–Crippen LogP) is 5.80. The molecule has 4 aromatic rings. The summed E-state index contributed by atoms with van der Waals surface area (Å²) in [5, 5.41) is 3.16. The molecule has 39 heavy (non-hydrogen) atoms. The van der Waals surface area contributed by atoms with E-state index in [4.69, 9.17) is 11.6 Å². The number of benzene rings is 3. The summed E-state index contributed by atoms with van der Waals surface area (Å²) >= 11 is 6.81. The molecule has 3 amide bonds. The van der Waals surface area contributed by atoms with E-state index in [0.717, 1.165) is 38.7 Å². The number of nitrogens with one attached hydrogen (secondary N) is 1. The van der Waals surface area contributed by atoms with Crippen molar-refractivity contribution < 1.29 is 23.9 Å². The normalized spacial score (nSPS) is 14.3. The number of anilines is 1. The van der Waals surface area contributed by atoms with Crippen LogP contribution in [-0.2, 0) is 20.9 Å². The monoisotopic (exact) mass is 559 g/mol. The van der Waals surface area contributed by atoms with Gasteiger partial charge in [0, 0.05) is 34.9 Å². The molecule has 0 radical (unpaired) electrons.